The zero-order valence-electron chi connectivity index (χ0n) is 12.3. The smallest absolute Gasteiger partial charge is 0.194 e. The number of nitrogens with zero attached hydrogens (tertiary/aromatic N) is 1. The van der Waals surface area contributed by atoms with E-state index in [2.05, 4.69) is 6.07 Å². The topological polar surface area (TPSA) is 50.1 Å². The molecule has 0 saturated heterocycles. The van der Waals surface area contributed by atoms with Crippen LogP contribution in [0.3, 0.4) is 0 Å². The Morgan fingerprint density at radius 2 is 2.19 bits per heavy atom. The van der Waals surface area contributed by atoms with Crippen molar-refractivity contribution >= 4 is 17.1 Å². The van der Waals surface area contributed by atoms with Crippen LogP contribution in [0.25, 0.3) is 0 Å². The highest BCUT2D eigenvalue weighted by Crippen LogP contribution is 2.29. The minimum atomic E-state index is -0.788. The molecule has 1 unspecified atom stereocenters. The van der Waals surface area contributed by atoms with Gasteiger partial charge in [-0.3, -0.25) is 4.79 Å². The number of benzene rings is 1. The lowest BCUT2D eigenvalue weighted by molar-refractivity contribution is 0.0982. The molecule has 0 amide bonds. The van der Waals surface area contributed by atoms with Crippen molar-refractivity contribution in [1.29, 1.82) is 5.26 Å². The Morgan fingerprint density at radius 3 is 2.81 bits per heavy atom. The summed E-state index contributed by atoms with van der Waals surface area (Å²) in [5, 5.41) is 11.3. The highest BCUT2D eigenvalue weighted by atomic mass is 32.1. The van der Waals surface area contributed by atoms with Crippen LogP contribution in [0.1, 0.15) is 39.2 Å². The first-order valence-corrected chi connectivity index (χ1v) is 7.65. The second kappa shape index (κ2) is 6.55. The summed E-state index contributed by atoms with van der Waals surface area (Å²) in [6.07, 6.45) is 0.792. The fourth-order valence-electron chi connectivity index (χ4n) is 2.26. The Labute approximate surface area is 128 Å². The van der Waals surface area contributed by atoms with Crippen molar-refractivity contribution in [1.82, 2.24) is 0 Å². The monoisotopic (exact) mass is 299 g/mol. The fourth-order valence-corrected chi connectivity index (χ4v) is 3.23. The molecule has 3 nitrogen and oxygen atoms in total. The van der Waals surface area contributed by atoms with E-state index in [9.17, 15) is 10.1 Å². The first kappa shape index (κ1) is 15.3. The lowest BCUT2D eigenvalue weighted by atomic mass is 9.93. The van der Waals surface area contributed by atoms with Crippen LogP contribution in [0.5, 0.6) is 5.75 Å². The molecule has 2 aromatic rings. The lowest BCUT2D eigenvalue weighted by Gasteiger charge is -2.12. The van der Waals surface area contributed by atoms with Crippen LogP contribution in [0.15, 0.2) is 29.6 Å². The van der Waals surface area contributed by atoms with Crippen molar-refractivity contribution in [2.75, 3.05) is 7.11 Å². The molecule has 1 atom stereocenters. The summed E-state index contributed by atoms with van der Waals surface area (Å²) in [5.74, 6) is -0.221. The Balaban J connectivity index is 2.41. The minimum Gasteiger partial charge on any atom is -0.496 e. The number of methoxy groups -OCH3 is 1. The Kier molecular flexibility index (Phi) is 4.77. The summed E-state index contributed by atoms with van der Waals surface area (Å²) < 4.78 is 5.28. The number of hydrogen-bond donors (Lipinski definition) is 0. The number of carbonyl (C=O) groups is 1. The van der Waals surface area contributed by atoms with Crippen molar-refractivity contribution in [3.63, 3.8) is 0 Å². The van der Waals surface area contributed by atoms with Gasteiger partial charge >= 0.3 is 0 Å². The SMILES string of the molecule is CCc1ccsc1C(=O)C(C#N)c1ccc(C)c(OC)c1. The molecule has 108 valence electrons. The molecule has 0 fully saturated rings. The van der Waals surface area contributed by atoms with Crippen molar-refractivity contribution in [2.24, 2.45) is 0 Å². The summed E-state index contributed by atoms with van der Waals surface area (Å²) in [6.45, 7) is 3.94. The number of hydrogen-bond acceptors (Lipinski definition) is 4. The molecule has 0 aliphatic heterocycles. The van der Waals surface area contributed by atoms with Crippen LogP contribution in [-0.4, -0.2) is 12.9 Å². The maximum Gasteiger partial charge on any atom is 0.194 e. The van der Waals surface area contributed by atoms with Gasteiger partial charge in [0.05, 0.1) is 18.1 Å². The number of Topliss-reactive ketones (excluding diaryl/α,β-unsaturated/α-hetero) is 1. The highest BCUT2D eigenvalue weighted by molar-refractivity contribution is 7.12. The molecule has 4 heteroatoms. The number of nitriles is 1. The van der Waals surface area contributed by atoms with Crippen molar-refractivity contribution in [2.45, 2.75) is 26.2 Å². The van der Waals surface area contributed by atoms with E-state index in [0.29, 0.717) is 16.2 Å². The number of aryl methyl sites for hydroxylation is 2. The number of carbonyl (C=O) groups excluding carboxylic acids is 1. The third-order valence-corrected chi connectivity index (χ3v) is 4.48. The maximum absolute atomic E-state index is 12.6. The quantitative estimate of drug-likeness (QED) is 0.780. The van der Waals surface area contributed by atoms with Crippen LogP contribution in [-0.2, 0) is 6.42 Å². The van der Waals surface area contributed by atoms with E-state index in [4.69, 9.17) is 4.74 Å². The lowest BCUT2D eigenvalue weighted by Crippen LogP contribution is -2.11. The van der Waals surface area contributed by atoms with Crippen LogP contribution < -0.4 is 4.74 Å². The van der Waals surface area contributed by atoms with Crippen LogP contribution in [0, 0.1) is 18.3 Å². The molecule has 0 radical (unpaired) electrons. The Morgan fingerprint density at radius 1 is 1.43 bits per heavy atom. The number of ketones is 1. The third-order valence-electron chi connectivity index (χ3n) is 3.51. The second-order valence-electron chi connectivity index (χ2n) is 4.78. The fraction of sp³-hybridized carbons (Fsp3) is 0.294. The molecule has 0 aliphatic rings. The van der Waals surface area contributed by atoms with Gasteiger partial charge in [0.2, 0.25) is 0 Å². The molecular formula is C17H17NO2S. The molecule has 1 aromatic carbocycles. The number of rotatable bonds is 5. The van der Waals surface area contributed by atoms with Gasteiger partial charge in [0.25, 0.3) is 0 Å². The molecule has 21 heavy (non-hydrogen) atoms. The molecular weight excluding hydrogens is 282 g/mol. The summed E-state index contributed by atoms with van der Waals surface area (Å²) >= 11 is 1.40. The van der Waals surface area contributed by atoms with Crippen molar-refractivity contribution in [3.8, 4) is 11.8 Å². The van der Waals surface area contributed by atoms with Gasteiger partial charge in [-0.05, 0) is 47.5 Å². The van der Waals surface area contributed by atoms with E-state index in [1.807, 2.05) is 37.4 Å². The third kappa shape index (κ3) is 2.98. The van der Waals surface area contributed by atoms with Crippen molar-refractivity contribution < 1.29 is 9.53 Å². The van der Waals surface area contributed by atoms with Crippen LogP contribution in [0.4, 0.5) is 0 Å². The molecule has 2 rings (SSSR count). The largest absolute Gasteiger partial charge is 0.496 e. The summed E-state index contributed by atoms with van der Waals surface area (Å²) in [5.41, 5.74) is 2.67. The molecule has 0 bridgehead atoms. The number of thiophene rings is 1. The highest BCUT2D eigenvalue weighted by Gasteiger charge is 2.25. The Bertz CT molecular complexity index is 697. The molecule has 1 aromatic heterocycles. The molecule has 0 saturated carbocycles. The minimum absolute atomic E-state index is 0.129. The molecule has 0 aliphatic carbocycles. The van der Waals surface area contributed by atoms with E-state index in [-0.39, 0.29) is 5.78 Å². The number of ether oxygens (including phenoxy) is 1. The van der Waals surface area contributed by atoms with Gasteiger partial charge in [0, 0.05) is 0 Å². The predicted molar refractivity (Wildman–Crippen MR) is 84.1 cm³/mol. The zero-order valence-corrected chi connectivity index (χ0v) is 13.2. The first-order valence-electron chi connectivity index (χ1n) is 6.77. The average Bonchev–Trinajstić information content (AvgIpc) is 2.97. The maximum atomic E-state index is 12.6. The summed E-state index contributed by atoms with van der Waals surface area (Å²) in [7, 11) is 1.59. The van der Waals surface area contributed by atoms with E-state index in [1.165, 1.54) is 11.3 Å². The predicted octanol–water partition coefficient (Wildman–Crippen LogP) is 4.12. The van der Waals surface area contributed by atoms with Gasteiger partial charge in [-0.1, -0.05) is 19.1 Å². The zero-order chi connectivity index (χ0) is 15.4. The summed E-state index contributed by atoms with van der Waals surface area (Å²) in [4.78, 5) is 13.3. The standard InChI is InChI=1S/C17H17NO2S/c1-4-12-7-8-21-17(12)16(19)14(10-18)13-6-5-11(2)15(9-13)20-3/h5-9,14H,4H2,1-3H3. The van der Waals surface area contributed by atoms with Crippen LogP contribution in [0.2, 0.25) is 0 Å². The van der Waals surface area contributed by atoms with Gasteiger partial charge < -0.3 is 4.74 Å². The van der Waals surface area contributed by atoms with Gasteiger partial charge in [0.15, 0.2) is 5.78 Å². The summed E-state index contributed by atoms with van der Waals surface area (Å²) in [6, 6.07) is 9.55. The van der Waals surface area contributed by atoms with Crippen molar-refractivity contribution in [3.05, 3.63) is 51.2 Å². The second-order valence-corrected chi connectivity index (χ2v) is 5.70. The first-order chi connectivity index (χ1) is 10.1. The average molecular weight is 299 g/mol. The van der Waals surface area contributed by atoms with Gasteiger partial charge in [-0.2, -0.15) is 5.26 Å². The molecule has 0 spiro atoms. The van der Waals surface area contributed by atoms with Gasteiger partial charge in [-0.25, -0.2) is 0 Å². The van der Waals surface area contributed by atoms with E-state index in [0.717, 1.165) is 17.5 Å². The van der Waals surface area contributed by atoms with Gasteiger partial charge in [0.1, 0.15) is 11.7 Å². The normalized spacial score (nSPS) is 11.7. The van der Waals surface area contributed by atoms with E-state index in [1.54, 1.807) is 13.2 Å². The van der Waals surface area contributed by atoms with E-state index < -0.39 is 5.92 Å². The van der Waals surface area contributed by atoms with Crippen LogP contribution >= 0.6 is 11.3 Å². The van der Waals surface area contributed by atoms with Gasteiger partial charge in [-0.15, -0.1) is 11.3 Å². The van der Waals surface area contributed by atoms with E-state index >= 15 is 0 Å². The molecule has 0 N–H and O–H groups in total. The Hall–Kier alpha value is -2.12. The molecule has 1 heterocycles.